The van der Waals surface area contributed by atoms with E-state index in [0.29, 0.717) is 6.61 Å². The lowest BCUT2D eigenvalue weighted by molar-refractivity contribution is -0.140. The van der Waals surface area contributed by atoms with Gasteiger partial charge in [0.25, 0.3) is 0 Å². The van der Waals surface area contributed by atoms with Crippen LogP contribution in [0.1, 0.15) is 13.8 Å². The van der Waals surface area contributed by atoms with E-state index in [-0.39, 0.29) is 5.97 Å². The number of carbonyl (C=O) groups is 1. The SMILES string of the molecule is CCOC(C)=O.CO.CO.CO. The molecule has 5 heteroatoms. The number of esters is 1. The Kier molecular flexibility index (Phi) is 89.7. The average molecular weight is 184 g/mol. The standard InChI is InChI=1S/C4H8O2.3CH4O/c1-3-6-4(2)5;3*1-2/h3H2,1-2H3;3*2H,1H3. The van der Waals surface area contributed by atoms with Gasteiger partial charge in [-0.05, 0) is 6.92 Å². The first-order valence-electron chi connectivity index (χ1n) is 3.25. The first kappa shape index (κ1) is 22.5. The maximum absolute atomic E-state index is 9.82. The van der Waals surface area contributed by atoms with Gasteiger partial charge in [0.05, 0.1) is 6.61 Å². The molecule has 5 nitrogen and oxygen atoms in total. The third-order valence-electron chi connectivity index (χ3n) is 0.348. The fraction of sp³-hybridized carbons (Fsp3) is 0.857. The van der Waals surface area contributed by atoms with Crippen LogP contribution in [0.2, 0.25) is 0 Å². The summed E-state index contributed by atoms with van der Waals surface area (Å²) in [5.74, 6) is -0.211. The number of ether oxygens (including phenoxy) is 1. The minimum absolute atomic E-state index is 0.211. The molecule has 0 saturated heterocycles. The molecule has 0 heterocycles. The molecule has 0 aliphatic rings. The molecule has 0 aromatic heterocycles. The van der Waals surface area contributed by atoms with Gasteiger partial charge in [-0.15, -0.1) is 0 Å². The monoisotopic (exact) mass is 184 g/mol. The van der Waals surface area contributed by atoms with Crippen molar-refractivity contribution in [1.82, 2.24) is 0 Å². The van der Waals surface area contributed by atoms with Crippen molar-refractivity contribution in [2.24, 2.45) is 0 Å². The fourth-order valence-corrected chi connectivity index (χ4v) is 0.203. The molecule has 78 valence electrons. The molecule has 0 bridgehead atoms. The highest BCUT2D eigenvalue weighted by atomic mass is 16.5. The second kappa shape index (κ2) is 47.8. The van der Waals surface area contributed by atoms with Crippen molar-refractivity contribution in [3.63, 3.8) is 0 Å². The fourth-order valence-electron chi connectivity index (χ4n) is 0.203. The van der Waals surface area contributed by atoms with E-state index in [0.717, 1.165) is 21.3 Å². The summed E-state index contributed by atoms with van der Waals surface area (Å²) in [6.45, 7) is 3.65. The van der Waals surface area contributed by atoms with E-state index in [1.165, 1.54) is 6.92 Å². The van der Waals surface area contributed by atoms with Crippen molar-refractivity contribution in [3.05, 3.63) is 0 Å². The van der Waals surface area contributed by atoms with Gasteiger partial charge in [0.15, 0.2) is 0 Å². The van der Waals surface area contributed by atoms with Gasteiger partial charge in [-0.2, -0.15) is 0 Å². The molecule has 0 aromatic rings. The maximum Gasteiger partial charge on any atom is 0.302 e. The zero-order chi connectivity index (χ0) is 11.0. The Morgan fingerprint density at radius 2 is 1.33 bits per heavy atom. The first-order chi connectivity index (χ1) is 5.77. The van der Waals surface area contributed by atoms with Crippen LogP contribution in [0.4, 0.5) is 0 Å². The molecule has 0 spiro atoms. The van der Waals surface area contributed by atoms with E-state index in [1.807, 2.05) is 0 Å². The molecule has 12 heavy (non-hydrogen) atoms. The van der Waals surface area contributed by atoms with Gasteiger partial charge < -0.3 is 20.1 Å². The Labute approximate surface area is 73.6 Å². The molecular formula is C7H20O5. The van der Waals surface area contributed by atoms with Crippen molar-refractivity contribution >= 4 is 5.97 Å². The van der Waals surface area contributed by atoms with E-state index < -0.39 is 0 Å². The highest BCUT2D eigenvalue weighted by Gasteiger charge is 1.81. The number of hydrogen-bond donors (Lipinski definition) is 3. The Hall–Kier alpha value is -0.650. The summed E-state index contributed by atoms with van der Waals surface area (Å²) in [6, 6.07) is 0. The Morgan fingerprint density at radius 3 is 1.33 bits per heavy atom. The summed E-state index contributed by atoms with van der Waals surface area (Å²) in [5, 5.41) is 21.0. The van der Waals surface area contributed by atoms with Gasteiger partial charge in [-0.1, -0.05) is 0 Å². The quantitative estimate of drug-likeness (QED) is 0.473. The van der Waals surface area contributed by atoms with Crippen LogP contribution in [0.5, 0.6) is 0 Å². The topological polar surface area (TPSA) is 87.0 Å². The lowest BCUT2D eigenvalue weighted by Gasteiger charge is -1.89. The van der Waals surface area contributed by atoms with Crippen molar-refractivity contribution in [3.8, 4) is 0 Å². The second-order valence-corrected chi connectivity index (χ2v) is 0.925. The molecule has 0 fully saturated rings. The van der Waals surface area contributed by atoms with Gasteiger partial charge >= 0.3 is 5.97 Å². The van der Waals surface area contributed by atoms with Crippen molar-refractivity contribution in [2.45, 2.75) is 13.8 Å². The zero-order valence-corrected chi connectivity index (χ0v) is 8.37. The van der Waals surface area contributed by atoms with Crippen molar-refractivity contribution in [1.29, 1.82) is 0 Å². The zero-order valence-electron chi connectivity index (χ0n) is 8.37. The summed E-state index contributed by atoms with van der Waals surface area (Å²) < 4.78 is 4.40. The van der Waals surface area contributed by atoms with Gasteiger partial charge in [-0.3, -0.25) is 4.79 Å². The number of carbonyl (C=O) groups excluding carboxylic acids is 1. The van der Waals surface area contributed by atoms with Crippen LogP contribution < -0.4 is 0 Å². The van der Waals surface area contributed by atoms with Crippen LogP contribution in [0.25, 0.3) is 0 Å². The molecule has 0 atom stereocenters. The average Bonchev–Trinajstić information content (AvgIpc) is 2.14. The third-order valence-corrected chi connectivity index (χ3v) is 0.348. The summed E-state index contributed by atoms with van der Waals surface area (Å²) in [6.07, 6.45) is 0. The van der Waals surface area contributed by atoms with Gasteiger partial charge in [0, 0.05) is 28.3 Å². The lowest BCUT2D eigenvalue weighted by Crippen LogP contribution is -1.95. The van der Waals surface area contributed by atoms with E-state index in [4.69, 9.17) is 15.3 Å². The molecule has 0 saturated carbocycles. The highest BCUT2D eigenvalue weighted by molar-refractivity contribution is 5.65. The number of aliphatic hydroxyl groups excluding tert-OH is 3. The summed E-state index contributed by atoms with van der Waals surface area (Å²) in [5.41, 5.74) is 0. The Morgan fingerprint density at radius 1 is 1.08 bits per heavy atom. The maximum atomic E-state index is 9.82. The number of hydrogen-bond acceptors (Lipinski definition) is 5. The Balaban J connectivity index is -0.0000000453. The van der Waals surface area contributed by atoms with Gasteiger partial charge in [0.1, 0.15) is 0 Å². The van der Waals surface area contributed by atoms with Crippen LogP contribution in [0.15, 0.2) is 0 Å². The number of rotatable bonds is 1. The molecule has 0 aromatic carbocycles. The molecule has 0 unspecified atom stereocenters. The van der Waals surface area contributed by atoms with Crippen LogP contribution in [0.3, 0.4) is 0 Å². The predicted molar refractivity (Wildman–Crippen MR) is 46.7 cm³/mol. The molecule has 0 aliphatic heterocycles. The van der Waals surface area contributed by atoms with Crippen LogP contribution >= 0.6 is 0 Å². The Bertz CT molecular complexity index is 55.8. The van der Waals surface area contributed by atoms with E-state index in [2.05, 4.69) is 4.74 Å². The van der Waals surface area contributed by atoms with E-state index >= 15 is 0 Å². The first-order valence-corrected chi connectivity index (χ1v) is 3.25. The minimum atomic E-state index is -0.211. The van der Waals surface area contributed by atoms with Crippen LogP contribution in [-0.4, -0.2) is 49.2 Å². The number of aliphatic hydroxyl groups is 3. The van der Waals surface area contributed by atoms with Gasteiger partial charge in [0.2, 0.25) is 0 Å². The summed E-state index contributed by atoms with van der Waals surface area (Å²) >= 11 is 0. The molecule has 0 radical (unpaired) electrons. The largest absolute Gasteiger partial charge is 0.466 e. The van der Waals surface area contributed by atoms with Crippen molar-refractivity contribution < 1.29 is 24.9 Å². The van der Waals surface area contributed by atoms with Crippen molar-refractivity contribution in [2.75, 3.05) is 27.9 Å². The highest BCUT2D eigenvalue weighted by Crippen LogP contribution is 1.69. The summed E-state index contributed by atoms with van der Waals surface area (Å²) in [4.78, 5) is 9.82. The lowest BCUT2D eigenvalue weighted by atomic mass is 10.8. The van der Waals surface area contributed by atoms with Crippen LogP contribution in [-0.2, 0) is 9.53 Å². The molecular weight excluding hydrogens is 164 g/mol. The summed E-state index contributed by atoms with van der Waals surface area (Å²) in [7, 11) is 3.00. The molecule has 3 N–H and O–H groups in total. The third kappa shape index (κ3) is 118. The second-order valence-electron chi connectivity index (χ2n) is 0.925. The minimum Gasteiger partial charge on any atom is -0.466 e. The van der Waals surface area contributed by atoms with E-state index in [9.17, 15) is 4.79 Å². The van der Waals surface area contributed by atoms with Crippen LogP contribution in [0, 0.1) is 0 Å². The molecule has 0 rings (SSSR count). The predicted octanol–water partition coefficient (Wildman–Crippen LogP) is -0.605. The smallest absolute Gasteiger partial charge is 0.302 e. The normalized spacial score (nSPS) is 5.33. The van der Waals surface area contributed by atoms with E-state index in [1.54, 1.807) is 6.92 Å². The molecule has 0 aliphatic carbocycles. The molecule has 0 amide bonds. The van der Waals surface area contributed by atoms with Gasteiger partial charge in [-0.25, -0.2) is 0 Å².